The second kappa shape index (κ2) is 8.18. The monoisotopic (exact) mass is 433 g/mol. The van der Waals surface area contributed by atoms with Crippen molar-refractivity contribution in [3.63, 3.8) is 0 Å². The highest BCUT2D eigenvalue weighted by molar-refractivity contribution is 7.98. The summed E-state index contributed by atoms with van der Waals surface area (Å²) in [6.07, 6.45) is 0.874. The van der Waals surface area contributed by atoms with Crippen molar-refractivity contribution in [1.29, 1.82) is 0 Å². The van der Waals surface area contributed by atoms with Gasteiger partial charge >= 0.3 is 6.36 Å². The minimum atomic E-state index is -4.74. The van der Waals surface area contributed by atoms with Gasteiger partial charge in [0.1, 0.15) is 5.75 Å². The number of carbonyl (C=O) groups is 1. The Kier molecular flexibility index (Phi) is 5.60. The highest BCUT2D eigenvalue weighted by atomic mass is 32.2. The van der Waals surface area contributed by atoms with Crippen LogP contribution in [0.15, 0.2) is 58.1 Å². The van der Waals surface area contributed by atoms with Gasteiger partial charge in [-0.3, -0.25) is 4.79 Å². The van der Waals surface area contributed by atoms with Crippen molar-refractivity contribution in [2.75, 3.05) is 6.26 Å². The van der Waals surface area contributed by atoms with Crippen molar-refractivity contribution < 1.29 is 27.2 Å². The Morgan fingerprint density at radius 1 is 1.17 bits per heavy atom. The minimum absolute atomic E-state index is 0.156. The zero-order valence-corrected chi connectivity index (χ0v) is 16.8. The van der Waals surface area contributed by atoms with E-state index in [9.17, 15) is 18.0 Å². The van der Waals surface area contributed by atoms with Crippen molar-refractivity contribution in [3.05, 3.63) is 76.7 Å². The molecule has 156 valence electrons. The van der Waals surface area contributed by atoms with Gasteiger partial charge in [0.2, 0.25) is 0 Å². The van der Waals surface area contributed by atoms with Gasteiger partial charge in [-0.25, -0.2) is 0 Å². The van der Waals surface area contributed by atoms with E-state index in [1.807, 2.05) is 12.1 Å². The van der Waals surface area contributed by atoms with Gasteiger partial charge in [0.25, 0.3) is 0 Å². The molecule has 1 saturated carbocycles. The second-order valence-electron chi connectivity index (χ2n) is 7.06. The van der Waals surface area contributed by atoms with Gasteiger partial charge in [-0.15, -0.1) is 24.9 Å². The summed E-state index contributed by atoms with van der Waals surface area (Å²) in [7, 11) is 0. The van der Waals surface area contributed by atoms with E-state index in [0.29, 0.717) is 28.2 Å². The lowest BCUT2D eigenvalue weighted by Crippen LogP contribution is -2.17. The predicted octanol–water partition coefficient (Wildman–Crippen LogP) is 5.99. The molecule has 0 amide bonds. The average molecular weight is 433 g/mol. The van der Waals surface area contributed by atoms with Crippen LogP contribution in [0, 0.1) is 0 Å². The van der Waals surface area contributed by atoms with E-state index in [4.69, 9.17) is 4.52 Å². The van der Waals surface area contributed by atoms with Gasteiger partial charge in [-0.1, -0.05) is 35.5 Å². The lowest BCUT2D eigenvalue weighted by Gasteiger charge is -2.14. The van der Waals surface area contributed by atoms with Crippen LogP contribution < -0.4 is 4.74 Å². The van der Waals surface area contributed by atoms with E-state index in [1.54, 1.807) is 24.5 Å². The number of thioether (sulfide) groups is 1. The summed E-state index contributed by atoms with van der Waals surface area (Å²) >= 11 is 1.32. The Morgan fingerprint density at radius 2 is 1.93 bits per heavy atom. The van der Waals surface area contributed by atoms with Gasteiger partial charge in [-0.05, 0) is 48.8 Å². The number of aromatic nitrogens is 1. The van der Waals surface area contributed by atoms with Crippen LogP contribution in [-0.4, -0.2) is 23.6 Å². The van der Waals surface area contributed by atoms with Crippen LogP contribution in [0.25, 0.3) is 0 Å². The van der Waals surface area contributed by atoms with Crippen molar-refractivity contribution >= 4 is 17.5 Å². The standard InChI is InChI=1S/C22H18F3NO3S/c1-30-19-11-16(28-22(23,24)25)9-8-15(19)10-14-4-2-3-5-17(14)20(27)18-12-26-29-21(18)13-6-7-13/h2-5,8-9,11-13H,6-7,10H2,1H3. The third-order valence-electron chi connectivity index (χ3n) is 4.93. The first-order valence-corrected chi connectivity index (χ1v) is 10.6. The van der Waals surface area contributed by atoms with E-state index in [1.165, 1.54) is 30.1 Å². The highest BCUT2D eigenvalue weighted by Crippen LogP contribution is 2.42. The number of halogens is 3. The number of rotatable bonds is 7. The van der Waals surface area contributed by atoms with Crippen LogP contribution >= 0.6 is 11.8 Å². The molecule has 30 heavy (non-hydrogen) atoms. The molecule has 1 heterocycles. The van der Waals surface area contributed by atoms with Crippen molar-refractivity contribution in [2.24, 2.45) is 0 Å². The maximum absolute atomic E-state index is 13.2. The summed E-state index contributed by atoms with van der Waals surface area (Å²) in [6.45, 7) is 0. The summed E-state index contributed by atoms with van der Waals surface area (Å²) in [5.74, 6) is 0.464. The molecule has 0 N–H and O–H groups in total. The van der Waals surface area contributed by atoms with Crippen LogP contribution in [0.1, 0.15) is 51.6 Å². The summed E-state index contributed by atoms with van der Waals surface area (Å²) in [6, 6.07) is 11.5. The van der Waals surface area contributed by atoms with E-state index < -0.39 is 6.36 Å². The number of ether oxygens (including phenoxy) is 1. The van der Waals surface area contributed by atoms with Crippen molar-refractivity contribution in [1.82, 2.24) is 5.16 Å². The molecule has 1 aliphatic carbocycles. The van der Waals surface area contributed by atoms with E-state index in [0.717, 1.165) is 24.0 Å². The lowest BCUT2D eigenvalue weighted by atomic mass is 9.94. The largest absolute Gasteiger partial charge is 0.573 e. The van der Waals surface area contributed by atoms with Gasteiger partial charge in [-0.2, -0.15) is 0 Å². The first kappa shape index (κ1) is 20.5. The number of hydrogen-bond donors (Lipinski definition) is 0. The normalized spacial score (nSPS) is 14.0. The quantitative estimate of drug-likeness (QED) is 0.338. The average Bonchev–Trinajstić information content (AvgIpc) is 3.44. The van der Waals surface area contributed by atoms with Gasteiger partial charge in [0.15, 0.2) is 11.5 Å². The SMILES string of the molecule is CSc1cc(OC(F)(F)F)ccc1Cc1ccccc1C(=O)c1cnoc1C1CC1. The number of carbonyl (C=O) groups excluding carboxylic acids is 1. The fraction of sp³-hybridized carbons (Fsp3) is 0.273. The van der Waals surface area contributed by atoms with Crippen LogP contribution in [0.2, 0.25) is 0 Å². The fourth-order valence-corrected chi connectivity index (χ4v) is 4.01. The maximum atomic E-state index is 13.2. The third-order valence-corrected chi connectivity index (χ3v) is 5.75. The number of hydrogen-bond acceptors (Lipinski definition) is 5. The Bertz CT molecular complexity index is 1070. The molecular formula is C22H18F3NO3S. The maximum Gasteiger partial charge on any atom is 0.573 e. The van der Waals surface area contributed by atoms with Crippen molar-refractivity contribution in [2.45, 2.75) is 36.4 Å². The van der Waals surface area contributed by atoms with Gasteiger partial charge < -0.3 is 9.26 Å². The topological polar surface area (TPSA) is 52.3 Å². The fourth-order valence-electron chi connectivity index (χ4n) is 3.37. The van der Waals surface area contributed by atoms with Gasteiger partial charge in [0.05, 0.1) is 11.8 Å². The third kappa shape index (κ3) is 4.53. The molecule has 4 rings (SSSR count). The van der Waals surface area contributed by atoms with E-state index in [2.05, 4.69) is 9.89 Å². The summed E-state index contributed by atoms with van der Waals surface area (Å²) < 4.78 is 46.9. The molecule has 1 aromatic heterocycles. The second-order valence-corrected chi connectivity index (χ2v) is 7.91. The number of alkyl halides is 3. The molecule has 0 unspecified atom stereocenters. The zero-order valence-electron chi connectivity index (χ0n) is 16.0. The van der Waals surface area contributed by atoms with E-state index >= 15 is 0 Å². The van der Waals surface area contributed by atoms with E-state index in [-0.39, 0.29) is 17.5 Å². The van der Waals surface area contributed by atoms with Crippen LogP contribution in [0.3, 0.4) is 0 Å². The first-order chi connectivity index (χ1) is 14.4. The smallest absolute Gasteiger partial charge is 0.406 e. The number of nitrogens with zero attached hydrogens (tertiary/aromatic N) is 1. The molecule has 3 aromatic rings. The Morgan fingerprint density at radius 3 is 2.63 bits per heavy atom. The highest BCUT2D eigenvalue weighted by Gasteiger charge is 2.33. The molecule has 0 aliphatic heterocycles. The number of benzene rings is 2. The summed E-state index contributed by atoms with van der Waals surface area (Å²) in [5, 5.41) is 3.80. The van der Waals surface area contributed by atoms with Crippen LogP contribution in [0.5, 0.6) is 5.75 Å². The summed E-state index contributed by atoms with van der Waals surface area (Å²) in [5.41, 5.74) is 2.60. The first-order valence-electron chi connectivity index (χ1n) is 9.35. The molecule has 0 saturated heterocycles. The molecule has 1 fully saturated rings. The molecule has 8 heteroatoms. The molecule has 4 nitrogen and oxygen atoms in total. The molecule has 0 radical (unpaired) electrons. The Balaban J connectivity index is 1.63. The molecule has 0 spiro atoms. The predicted molar refractivity (Wildman–Crippen MR) is 106 cm³/mol. The Labute approximate surface area is 175 Å². The van der Waals surface area contributed by atoms with Crippen LogP contribution in [0.4, 0.5) is 13.2 Å². The van der Waals surface area contributed by atoms with Crippen LogP contribution in [-0.2, 0) is 6.42 Å². The van der Waals surface area contributed by atoms with Crippen molar-refractivity contribution in [3.8, 4) is 5.75 Å². The van der Waals surface area contributed by atoms with Gasteiger partial charge in [0, 0.05) is 16.4 Å². The molecule has 0 bridgehead atoms. The zero-order chi connectivity index (χ0) is 21.3. The molecule has 0 atom stereocenters. The number of ketones is 1. The summed E-state index contributed by atoms with van der Waals surface area (Å²) in [4.78, 5) is 13.8. The molecule has 1 aliphatic rings. The molecular weight excluding hydrogens is 415 g/mol. The lowest BCUT2D eigenvalue weighted by molar-refractivity contribution is -0.274. The molecule has 2 aromatic carbocycles. The minimum Gasteiger partial charge on any atom is -0.406 e. The Hall–Kier alpha value is -2.74.